The molecule has 0 spiro atoms. The van der Waals surface area contributed by atoms with Gasteiger partial charge in [0, 0.05) is 19.5 Å². The number of amides is 1. The summed E-state index contributed by atoms with van der Waals surface area (Å²) in [5, 5.41) is 2.97. The second-order valence-corrected chi connectivity index (χ2v) is 6.14. The molecule has 2 atom stereocenters. The van der Waals surface area contributed by atoms with E-state index < -0.39 is 11.6 Å². The maximum Gasteiger partial charge on any atom is 0.228 e. The first-order valence-electron chi connectivity index (χ1n) is 8.07. The third kappa shape index (κ3) is 3.25. The monoisotopic (exact) mass is 330 g/mol. The molecule has 24 heavy (non-hydrogen) atoms. The maximum atomic E-state index is 13.3. The van der Waals surface area contributed by atoms with Crippen molar-refractivity contribution in [2.75, 3.05) is 23.8 Å². The van der Waals surface area contributed by atoms with Crippen molar-refractivity contribution in [3.05, 3.63) is 59.7 Å². The summed E-state index contributed by atoms with van der Waals surface area (Å²) >= 11 is 0. The third-order valence-corrected chi connectivity index (χ3v) is 4.55. The van der Waals surface area contributed by atoms with Crippen molar-refractivity contribution >= 4 is 17.3 Å². The summed E-state index contributed by atoms with van der Waals surface area (Å²) in [5.41, 5.74) is 2.40. The minimum atomic E-state index is -0.867. The Morgan fingerprint density at radius 2 is 1.96 bits per heavy atom. The van der Waals surface area contributed by atoms with E-state index in [4.69, 9.17) is 0 Å². The van der Waals surface area contributed by atoms with Crippen LogP contribution in [0.3, 0.4) is 0 Å². The van der Waals surface area contributed by atoms with Gasteiger partial charge in [-0.25, -0.2) is 8.78 Å². The molecule has 1 saturated carbocycles. The van der Waals surface area contributed by atoms with Crippen LogP contribution in [0.25, 0.3) is 0 Å². The number of carbonyl (C=O) groups is 1. The first kappa shape index (κ1) is 16.4. The molecule has 1 fully saturated rings. The van der Waals surface area contributed by atoms with E-state index in [2.05, 4.69) is 10.2 Å². The number of rotatable bonds is 5. The summed E-state index contributed by atoms with van der Waals surface area (Å²) in [4.78, 5) is 14.5. The lowest BCUT2D eigenvalue weighted by Gasteiger charge is -2.20. The zero-order valence-electron chi connectivity index (χ0n) is 13.7. The normalized spacial score (nSPS) is 19.0. The summed E-state index contributed by atoms with van der Waals surface area (Å²) in [6, 6.07) is 11.5. The Kier molecular flexibility index (Phi) is 4.51. The molecule has 0 aliphatic heterocycles. The molecule has 1 N–H and O–H groups in total. The minimum absolute atomic E-state index is 0.0452. The van der Waals surface area contributed by atoms with Crippen molar-refractivity contribution in [1.82, 2.24) is 0 Å². The van der Waals surface area contributed by atoms with Crippen molar-refractivity contribution in [2.24, 2.45) is 5.92 Å². The van der Waals surface area contributed by atoms with Crippen LogP contribution >= 0.6 is 0 Å². The largest absolute Gasteiger partial charge is 0.373 e. The van der Waals surface area contributed by atoms with E-state index in [-0.39, 0.29) is 17.7 Å². The van der Waals surface area contributed by atoms with Gasteiger partial charge in [-0.05, 0) is 49.1 Å². The van der Waals surface area contributed by atoms with Crippen molar-refractivity contribution < 1.29 is 13.6 Å². The van der Waals surface area contributed by atoms with Crippen LogP contribution in [0.1, 0.15) is 24.8 Å². The highest BCUT2D eigenvalue weighted by Crippen LogP contribution is 2.48. The quantitative estimate of drug-likeness (QED) is 0.893. The van der Waals surface area contributed by atoms with Gasteiger partial charge in [0.05, 0.1) is 11.4 Å². The second-order valence-electron chi connectivity index (χ2n) is 6.14. The van der Waals surface area contributed by atoms with Crippen LogP contribution in [-0.2, 0) is 4.79 Å². The molecule has 5 heteroatoms. The summed E-state index contributed by atoms with van der Waals surface area (Å²) < 4.78 is 26.4. The molecule has 0 bridgehead atoms. The highest BCUT2D eigenvalue weighted by atomic mass is 19.2. The topological polar surface area (TPSA) is 32.3 Å². The first-order chi connectivity index (χ1) is 11.5. The molecular weight excluding hydrogens is 310 g/mol. The first-order valence-corrected chi connectivity index (χ1v) is 8.07. The zero-order chi connectivity index (χ0) is 17.3. The van der Waals surface area contributed by atoms with Gasteiger partial charge < -0.3 is 10.2 Å². The summed E-state index contributed by atoms with van der Waals surface area (Å²) in [6.07, 6.45) is 0.655. The van der Waals surface area contributed by atoms with Crippen LogP contribution in [0.15, 0.2) is 42.5 Å². The number of carbonyl (C=O) groups excluding carboxylic acids is 1. The van der Waals surface area contributed by atoms with Gasteiger partial charge >= 0.3 is 0 Å². The second kappa shape index (κ2) is 6.59. The molecule has 3 nitrogen and oxygen atoms in total. The van der Waals surface area contributed by atoms with Crippen molar-refractivity contribution in [1.29, 1.82) is 0 Å². The Balaban J connectivity index is 1.70. The van der Waals surface area contributed by atoms with Crippen LogP contribution in [0.4, 0.5) is 20.2 Å². The smallest absolute Gasteiger partial charge is 0.228 e. The molecule has 1 amide bonds. The standard InChI is InChI=1S/C19H20F2N2O/c1-3-23(2)18-7-5-4-6-17(18)22-19(24)14-11-13(14)12-8-9-15(20)16(21)10-12/h4-10,13-14H,3,11H2,1-2H3,(H,22,24). The maximum absolute atomic E-state index is 13.3. The average Bonchev–Trinajstić information content (AvgIpc) is 3.38. The number of nitrogens with zero attached hydrogens (tertiary/aromatic N) is 1. The van der Waals surface area contributed by atoms with Gasteiger partial charge in [0.2, 0.25) is 5.91 Å². The van der Waals surface area contributed by atoms with Gasteiger partial charge in [-0.2, -0.15) is 0 Å². The fourth-order valence-electron chi connectivity index (χ4n) is 2.90. The number of para-hydroxylation sites is 2. The Labute approximate surface area is 140 Å². The Morgan fingerprint density at radius 1 is 1.21 bits per heavy atom. The zero-order valence-corrected chi connectivity index (χ0v) is 13.7. The lowest BCUT2D eigenvalue weighted by atomic mass is 10.1. The Morgan fingerprint density at radius 3 is 2.67 bits per heavy atom. The Bertz CT molecular complexity index is 763. The van der Waals surface area contributed by atoms with E-state index >= 15 is 0 Å². The van der Waals surface area contributed by atoms with Gasteiger partial charge in [0.25, 0.3) is 0 Å². The molecule has 2 aromatic rings. The molecule has 0 heterocycles. The third-order valence-electron chi connectivity index (χ3n) is 4.55. The fraction of sp³-hybridized carbons (Fsp3) is 0.316. The van der Waals surface area contributed by atoms with Gasteiger partial charge in [-0.3, -0.25) is 4.79 Å². The molecule has 0 radical (unpaired) electrons. The number of nitrogens with one attached hydrogen (secondary N) is 1. The van der Waals surface area contributed by atoms with Crippen molar-refractivity contribution in [2.45, 2.75) is 19.3 Å². The molecule has 0 saturated heterocycles. The number of hydrogen-bond donors (Lipinski definition) is 1. The molecule has 1 aliphatic carbocycles. The number of benzene rings is 2. The molecule has 3 rings (SSSR count). The van der Waals surface area contributed by atoms with E-state index in [0.29, 0.717) is 12.0 Å². The lowest BCUT2D eigenvalue weighted by Crippen LogP contribution is -2.20. The minimum Gasteiger partial charge on any atom is -0.373 e. The predicted octanol–water partition coefficient (Wildman–Crippen LogP) is 4.16. The van der Waals surface area contributed by atoms with E-state index in [0.717, 1.165) is 24.0 Å². The van der Waals surface area contributed by atoms with Gasteiger partial charge in [0.15, 0.2) is 11.6 Å². The van der Waals surface area contributed by atoms with Gasteiger partial charge in [-0.1, -0.05) is 18.2 Å². The van der Waals surface area contributed by atoms with E-state index in [1.165, 1.54) is 6.07 Å². The molecule has 0 aromatic heterocycles. The van der Waals surface area contributed by atoms with Gasteiger partial charge in [0.1, 0.15) is 0 Å². The van der Waals surface area contributed by atoms with Crippen LogP contribution in [0, 0.1) is 17.6 Å². The van der Waals surface area contributed by atoms with Crippen LogP contribution in [0.2, 0.25) is 0 Å². The molecule has 1 aliphatic rings. The highest BCUT2D eigenvalue weighted by molar-refractivity contribution is 5.98. The molecule has 2 aromatic carbocycles. The SMILES string of the molecule is CCN(C)c1ccccc1NC(=O)C1CC1c1ccc(F)c(F)c1. The fourth-order valence-corrected chi connectivity index (χ4v) is 2.90. The molecule has 126 valence electrons. The van der Waals surface area contributed by atoms with Crippen molar-refractivity contribution in [3.63, 3.8) is 0 Å². The van der Waals surface area contributed by atoms with Crippen LogP contribution in [0.5, 0.6) is 0 Å². The Hall–Kier alpha value is -2.43. The lowest BCUT2D eigenvalue weighted by molar-refractivity contribution is -0.117. The summed E-state index contributed by atoms with van der Waals surface area (Å²) in [7, 11) is 1.96. The van der Waals surface area contributed by atoms with Gasteiger partial charge in [-0.15, -0.1) is 0 Å². The number of anilines is 2. The number of halogens is 2. The average molecular weight is 330 g/mol. The van der Waals surface area contributed by atoms with E-state index in [1.54, 1.807) is 6.07 Å². The van der Waals surface area contributed by atoms with E-state index in [9.17, 15) is 13.6 Å². The summed E-state index contributed by atoms with van der Waals surface area (Å²) in [5.74, 6) is -2.06. The highest BCUT2D eigenvalue weighted by Gasteiger charge is 2.44. The number of hydrogen-bond acceptors (Lipinski definition) is 2. The summed E-state index contributed by atoms with van der Waals surface area (Å²) in [6.45, 7) is 2.87. The van der Waals surface area contributed by atoms with Crippen LogP contribution < -0.4 is 10.2 Å². The van der Waals surface area contributed by atoms with Crippen LogP contribution in [-0.4, -0.2) is 19.5 Å². The van der Waals surface area contributed by atoms with Crippen molar-refractivity contribution in [3.8, 4) is 0 Å². The molecule has 2 unspecified atom stereocenters. The van der Waals surface area contributed by atoms with E-state index in [1.807, 2.05) is 38.2 Å². The predicted molar refractivity (Wildman–Crippen MR) is 91.2 cm³/mol. The molecular formula is C19H20F2N2O.